The van der Waals surface area contributed by atoms with Crippen molar-refractivity contribution >= 4 is 28.9 Å². The van der Waals surface area contributed by atoms with E-state index >= 15 is 0 Å². The summed E-state index contributed by atoms with van der Waals surface area (Å²) in [4.78, 5) is 26.5. The predicted molar refractivity (Wildman–Crippen MR) is 105 cm³/mol. The molecule has 0 spiro atoms. The second-order valence-electron chi connectivity index (χ2n) is 6.22. The largest absolute Gasteiger partial charge is 0.497 e. The van der Waals surface area contributed by atoms with Crippen molar-refractivity contribution in [2.24, 2.45) is 0 Å². The maximum Gasteiger partial charge on any atom is 0.271 e. The Balaban J connectivity index is 1.51. The van der Waals surface area contributed by atoms with Gasteiger partial charge in [-0.2, -0.15) is 0 Å². The van der Waals surface area contributed by atoms with Crippen molar-refractivity contribution in [2.75, 3.05) is 44.8 Å². The quantitative estimate of drug-likeness (QED) is 0.542. The van der Waals surface area contributed by atoms with E-state index in [1.165, 1.54) is 12.1 Å². The van der Waals surface area contributed by atoms with E-state index in [-0.39, 0.29) is 18.2 Å². The van der Waals surface area contributed by atoms with Gasteiger partial charge in [-0.3, -0.25) is 14.9 Å². The number of hydrogen-bond donors (Lipinski definition) is 0. The molecule has 0 N–H and O–H groups in total. The van der Waals surface area contributed by atoms with E-state index in [4.69, 9.17) is 21.1 Å². The van der Waals surface area contributed by atoms with Crippen molar-refractivity contribution in [3.05, 3.63) is 57.6 Å². The number of ether oxygens (including phenoxy) is 2. The van der Waals surface area contributed by atoms with Crippen molar-refractivity contribution < 1.29 is 19.2 Å². The van der Waals surface area contributed by atoms with Crippen molar-refractivity contribution in [3.8, 4) is 11.5 Å². The van der Waals surface area contributed by atoms with Crippen LogP contribution < -0.4 is 14.4 Å². The van der Waals surface area contributed by atoms with Gasteiger partial charge in [0, 0.05) is 38.3 Å². The minimum Gasteiger partial charge on any atom is -0.497 e. The van der Waals surface area contributed by atoms with E-state index in [9.17, 15) is 14.9 Å². The van der Waals surface area contributed by atoms with Crippen LogP contribution in [-0.2, 0) is 4.79 Å². The highest BCUT2D eigenvalue weighted by Crippen LogP contribution is 2.30. The molecule has 3 rings (SSSR count). The van der Waals surface area contributed by atoms with Crippen molar-refractivity contribution in [2.45, 2.75) is 0 Å². The molecule has 0 aromatic heterocycles. The van der Waals surface area contributed by atoms with Gasteiger partial charge in [0.15, 0.2) is 6.61 Å². The van der Waals surface area contributed by atoms with Crippen LogP contribution in [-0.4, -0.2) is 55.6 Å². The van der Waals surface area contributed by atoms with Gasteiger partial charge < -0.3 is 19.3 Å². The topological polar surface area (TPSA) is 85.2 Å². The number of non-ortho nitro benzene ring substituents is 1. The molecule has 1 amide bonds. The zero-order chi connectivity index (χ0) is 20.1. The highest BCUT2D eigenvalue weighted by atomic mass is 35.5. The van der Waals surface area contributed by atoms with Crippen LogP contribution in [0.1, 0.15) is 0 Å². The lowest BCUT2D eigenvalue weighted by molar-refractivity contribution is -0.384. The van der Waals surface area contributed by atoms with Crippen LogP contribution in [0.3, 0.4) is 0 Å². The maximum absolute atomic E-state index is 12.4. The molecule has 1 heterocycles. The summed E-state index contributed by atoms with van der Waals surface area (Å²) in [6.07, 6.45) is 0. The third kappa shape index (κ3) is 4.64. The zero-order valence-electron chi connectivity index (χ0n) is 15.3. The number of rotatable bonds is 6. The monoisotopic (exact) mass is 405 g/mol. The Morgan fingerprint density at radius 3 is 2.32 bits per heavy atom. The summed E-state index contributed by atoms with van der Waals surface area (Å²) in [7, 11) is 1.59. The number of amides is 1. The summed E-state index contributed by atoms with van der Waals surface area (Å²) >= 11 is 6.19. The summed E-state index contributed by atoms with van der Waals surface area (Å²) in [6.45, 7) is 2.19. The van der Waals surface area contributed by atoms with Crippen molar-refractivity contribution in [3.63, 3.8) is 0 Å². The lowest BCUT2D eigenvalue weighted by atomic mass is 10.2. The molecule has 2 aromatic rings. The maximum atomic E-state index is 12.4. The van der Waals surface area contributed by atoms with E-state index in [0.717, 1.165) is 11.4 Å². The minimum absolute atomic E-state index is 0.0371. The number of piperazine rings is 1. The lowest BCUT2D eigenvalue weighted by Crippen LogP contribution is -2.50. The van der Waals surface area contributed by atoms with E-state index < -0.39 is 4.92 Å². The fraction of sp³-hybridized carbons (Fsp3) is 0.316. The fourth-order valence-corrected chi connectivity index (χ4v) is 3.27. The van der Waals surface area contributed by atoms with Gasteiger partial charge >= 0.3 is 0 Å². The van der Waals surface area contributed by atoms with Crippen molar-refractivity contribution in [1.82, 2.24) is 4.90 Å². The molecule has 1 fully saturated rings. The number of benzene rings is 2. The molecule has 0 aliphatic carbocycles. The first-order valence-electron chi connectivity index (χ1n) is 8.71. The number of nitro groups is 1. The van der Waals surface area contributed by atoms with Gasteiger partial charge in [0.1, 0.15) is 11.5 Å². The van der Waals surface area contributed by atoms with Gasteiger partial charge in [-0.05, 0) is 30.3 Å². The molecule has 0 atom stereocenters. The minimum atomic E-state index is -0.477. The summed E-state index contributed by atoms with van der Waals surface area (Å²) < 4.78 is 10.6. The molecule has 0 bridgehead atoms. The van der Waals surface area contributed by atoms with Crippen LogP contribution in [0, 0.1) is 10.1 Å². The third-order valence-corrected chi connectivity index (χ3v) is 4.84. The van der Waals surface area contributed by atoms with E-state index in [2.05, 4.69) is 0 Å². The molecular formula is C19H20ClN3O5. The highest BCUT2D eigenvalue weighted by Gasteiger charge is 2.23. The summed E-state index contributed by atoms with van der Waals surface area (Å²) in [5, 5.41) is 11.2. The average molecular weight is 406 g/mol. The Hall–Kier alpha value is -3.00. The first-order chi connectivity index (χ1) is 13.5. The molecule has 0 unspecified atom stereocenters. The number of halogens is 1. The van der Waals surface area contributed by atoms with Gasteiger partial charge in [-0.1, -0.05) is 11.6 Å². The van der Waals surface area contributed by atoms with Gasteiger partial charge in [0.05, 0.1) is 22.7 Å². The van der Waals surface area contributed by atoms with Crippen LogP contribution in [0.15, 0.2) is 42.5 Å². The summed E-state index contributed by atoms with van der Waals surface area (Å²) in [5.41, 5.74) is 0.687. The molecule has 148 valence electrons. The molecule has 8 nitrogen and oxygen atoms in total. The number of carbonyl (C=O) groups is 1. The Morgan fingerprint density at radius 2 is 1.75 bits per heavy atom. The summed E-state index contributed by atoms with van der Waals surface area (Å²) in [5.74, 6) is 1.23. The number of nitrogens with zero attached hydrogens (tertiary/aromatic N) is 3. The SMILES string of the molecule is COc1ccc(OCC(=O)N2CCN(c3ccc([N+](=O)[O-])cc3Cl)CC2)cc1. The molecule has 0 radical (unpaired) electrons. The second kappa shape index (κ2) is 8.79. The standard InChI is InChI=1S/C19H20ClN3O5/c1-27-15-3-5-16(6-4-15)28-13-19(24)22-10-8-21(9-11-22)18-7-2-14(23(25)26)12-17(18)20/h2-7,12H,8-11,13H2,1H3. The van der Waals surface area contributed by atoms with Crippen LogP contribution in [0.25, 0.3) is 0 Å². The smallest absolute Gasteiger partial charge is 0.271 e. The molecule has 0 saturated carbocycles. The molecule has 28 heavy (non-hydrogen) atoms. The third-order valence-electron chi connectivity index (χ3n) is 4.54. The first kappa shape index (κ1) is 19.8. The molecule has 2 aromatic carbocycles. The Kier molecular flexibility index (Phi) is 6.20. The van der Waals surface area contributed by atoms with Crippen LogP contribution in [0.4, 0.5) is 11.4 Å². The number of anilines is 1. The van der Waals surface area contributed by atoms with Gasteiger partial charge in [-0.25, -0.2) is 0 Å². The van der Waals surface area contributed by atoms with E-state index in [1.807, 2.05) is 4.90 Å². The van der Waals surface area contributed by atoms with Crippen LogP contribution in [0.5, 0.6) is 11.5 Å². The Labute approximate surface area is 167 Å². The van der Waals surface area contributed by atoms with E-state index in [0.29, 0.717) is 37.0 Å². The van der Waals surface area contributed by atoms with Crippen molar-refractivity contribution in [1.29, 1.82) is 0 Å². The molecule has 1 saturated heterocycles. The average Bonchev–Trinajstić information content (AvgIpc) is 2.72. The fourth-order valence-electron chi connectivity index (χ4n) is 2.97. The highest BCUT2D eigenvalue weighted by molar-refractivity contribution is 6.33. The van der Waals surface area contributed by atoms with E-state index in [1.54, 1.807) is 42.3 Å². The molecule has 1 aliphatic heterocycles. The molecule has 1 aliphatic rings. The number of hydrogen-bond acceptors (Lipinski definition) is 6. The number of carbonyl (C=O) groups excluding carboxylic acids is 1. The number of methoxy groups -OCH3 is 1. The van der Waals surface area contributed by atoms with Gasteiger partial charge in [0.2, 0.25) is 0 Å². The Morgan fingerprint density at radius 1 is 1.11 bits per heavy atom. The van der Waals surface area contributed by atoms with Gasteiger partial charge in [-0.15, -0.1) is 0 Å². The van der Waals surface area contributed by atoms with Crippen LogP contribution in [0.2, 0.25) is 5.02 Å². The first-order valence-corrected chi connectivity index (χ1v) is 9.09. The predicted octanol–water partition coefficient (Wildman–Crippen LogP) is 2.98. The zero-order valence-corrected chi connectivity index (χ0v) is 16.1. The normalized spacial score (nSPS) is 13.9. The Bertz CT molecular complexity index is 851. The second-order valence-corrected chi connectivity index (χ2v) is 6.63. The van der Waals surface area contributed by atoms with Crippen LogP contribution >= 0.6 is 11.6 Å². The van der Waals surface area contributed by atoms with Gasteiger partial charge in [0.25, 0.3) is 11.6 Å². The molecule has 9 heteroatoms. The summed E-state index contributed by atoms with van der Waals surface area (Å²) in [6, 6.07) is 11.5. The molecular weight excluding hydrogens is 386 g/mol. The number of nitro benzene ring substituents is 1. The lowest BCUT2D eigenvalue weighted by Gasteiger charge is -2.36.